The molecule has 0 atom stereocenters. The molecule has 0 aliphatic carbocycles. The van der Waals surface area contributed by atoms with Crippen molar-refractivity contribution in [2.75, 3.05) is 30.3 Å². The van der Waals surface area contributed by atoms with Crippen LogP contribution in [-0.4, -0.2) is 52.3 Å². The molecular weight excluding hydrogens is 380 g/mol. The Hall–Kier alpha value is -2.81. The number of nitrogen functional groups attached to an aromatic ring is 1. The Balaban J connectivity index is 1.85. The summed E-state index contributed by atoms with van der Waals surface area (Å²) in [5, 5.41) is 17.7. The van der Waals surface area contributed by atoms with E-state index in [4.69, 9.17) is 15.9 Å². The number of alkyl halides is 1. The van der Waals surface area contributed by atoms with E-state index in [9.17, 15) is 13.9 Å². The summed E-state index contributed by atoms with van der Waals surface area (Å²) in [5.41, 5.74) is 5.09. The summed E-state index contributed by atoms with van der Waals surface area (Å²) >= 11 is 0. The number of aliphatic hydroxyl groups is 1. The Kier molecular flexibility index (Phi) is 5.97. The van der Waals surface area contributed by atoms with Crippen LogP contribution in [0.1, 0.15) is 37.9 Å². The topological polar surface area (TPSA) is 108 Å². The summed E-state index contributed by atoms with van der Waals surface area (Å²) in [7, 11) is 0. The molecule has 0 bridgehead atoms. The Labute approximate surface area is 168 Å². The van der Waals surface area contributed by atoms with E-state index in [1.807, 2.05) is 4.90 Å². The first kappa shape index (κ1) is 20.9. The van der Waals surface area contributed by atoms with Crippen molar-refractivity contribution in [3.05, 3.63) is 41.6 Å². The van der Waals surface area contributed by atoms with Crippen LogP contribution >= 0.6 is 0 Å². The summed E-state index contributed by atoms with van der Waals surface area (Å²) < 4.78 is 33.8. The van der Waals surface area contributed by atoms with Crippen molar-refractivity contribution in [3.8, 4) is 5.75 Å². The third-order valence-electron chi connectivity index (χ3n) is 4.91. The van der Waals surface area contributed by atoms with Crippen LogP contribution < -0.4 is 15.4 Å². The van der Waals surface area contributed by atoms with Gasteiger partial charge in [-0.3, -0.25) is 5.41 Å². The monoisotopic (exact) mass is 405 g/mol. The molecular formula is C20H25F2N5O2. The number of anilines is 2. The highest BCUT2D eigenvalue weighted by Gasteiger charge is 2.34. The number of hydrogen-bond donors (Lipinski definition) is 3. The number of nitrogens with zero attached hydrogens (tertiary/aromatic N) is 3. The number of benzene rings is 1. The van der Waals surface area contributed by atoms with E-state index in [1.54, 1.807) is 19.9 Å². The van der Waals surface area contributed by atoms with Crippen molar-refractivity contribution in [1.82, 2.24) is 9.97 Å². The van der Waals surface area contributed by atoms with Crippen molar-refractivity contribution in [1.29, 1.82) is 5.41 Å². The number of rotatable bonds is 6. The number of piperidine rings is 1. The van der Waals surface area contributed by atoms with Gasteiger partial charge in [0.25, 0.3) is 0 Å². The summed E-state index contributed by atoms with van der Waals surface area (Å²) in [6.45, 7) is 3.85. The fourth-order valence-electron chi connectivity index (χ4n) is 3.22. The minimum Gasteiger partial charge on any atom is -0.488 e. The average molecular weight is 405 g/mol. The fourth-order valence-corrected chi connectivity index (χ4v) is 3.22. The minimum absolute atomic E-state index is 0.00645. The maximum Gasteiger partial charge on any atom is 0.167 e. The number of aromatic nitrogens is 2. The van der Waals surface area contributed by atoms with E-state index in [-0.39, 0.29) is 36.1 Å². The van der Waals surface area contributed by atoms with Crippen LogP contribution in [0.3, 0.4) is 0 Å². The Morgan fingerprint density at radius 2 is 2.00 bits per heavy atom. The zero-order valence-corrected chi connectivity index (χ0v) is 16.5. The molecule has 2 aromatic rings. The Morgan fingerprint density at radius 3 is 2.62 bits per heavy atom. The fraction of sp³-hybridized carbons (Fsp3) is 0.450. The van der Waals surface area contributed by atoms with Gasteiger partial charge in [0.1, 0.15) is 17.8 Å². The second-order valence-electron chi connectivity index (χ2n) is 7.47. The summed E-state index contributed by atoms with van der Waals surface area (Å²) in [6.07, 6.45) is 1.48. The molecule has 4 N–H and O–H groups in total. The van der Waals surface area contributed by atoms with E-state index in [1.165, 1.54) is 12.4 Å². The van der Waals surface area contributed by atoms with Gasteiger partial charge in [0, 0.05) is 49.3 Å². The van der Waals surface area contributed by atoms with E-state index in [0.29, 0.717) is 30.2 Å². The van der Waals surface area contributed by atoms with Crippen LogP contribution in [0.4, 0.5) is 20.3 Å². The van der Waals surface area contributed by atoms with E-state index >= 15 is 0 Å². The minimum atomic E-state index is -1.56. The number of nitrogens with two attached hydrogens (primary N) is 1. The lowest BCUT2D eigenvalue weighted by Gasteiger charge is -2.35. The van der Waals surface area contributed by atoms with Crippen molar-refractivity contribution in [2.24, 2.45) is 0 Å². The van der Waals surface area contributed by atoms with Gasteiger partial charge in [0.15, 0.2) is 11.6 Å². The predicted molar refractivity (Wildman–Crippen MR) is 107 cm³/mol. The van der Waals surface area contributed by atoms with Crippen molar-refractivity contribution < 1.29 is 18.6 Å². The third-order valence-corrected chi connectivity index (χ3v) is 4.91. The van der Waals surface area contributed by atoms with Gasteiger partial charge < -0.3 is 20.5 Å². The SMILES string of the molecule is CC(C)Oc1cc(C(=N)c2cc(N3CCC(F)(CO)CC3)ncn2)c(N)cc1F. The standard InChI is InChI=1S/C20H25F2N5O2/c1-12(2)29-17-7-13(15(23)8-14(17)21)19(24)16-9-18(26-11-25-16)27-5-3-20(22,10-28)4-6-27/h7-9,11-12,24,28H,3-6,10,23H2,1-2H3. The molecule has 0 amide bonds. The molecule has 1 aromatic carbocycles. The van der Waals surface area contributed by atoms with Crippen LogP contribution in [0.25, 0.3) is 0 Å². The van der Waals surface area contributed by atoms with E-state index < -0.39 is 18.1 Å². The smallest absolute Gasteiger partial charge is 0.167 e. The van der Waals surface area contributed by atoms with Crippen LogP contribution in [-0.2, 0) is 0 Å². The molecule has 2 heterocycles. The highest BCUT2D eigenvalue weighted by molar-refractivity contribution is 6.13. The molecule has 1 saturated heterocycles. The first-order valence-corrected chi connectivity index (χ1v) is 9.44. The number of nitrogens with one attached hydrogen (secondary N) is 1. The van der Waals surface area contributed by atoms with Crippen LogP contribution in [0.5, 0.6) is 5.75 Å². The lowest BCUT2D eigenvalue weighted by Crippen LogP contribution is -2.44. The van der Waals surface area contributed by atoms with Gasteiger partial charge in [-0.1, -0.05) is 0 Å². The van der Waals surface area contributed by atoms with Crippen LogP contribution in [0, 0.1) is 11.2 Å². The maximum atomic E-state index is 14.2. The first-order chi connectivity index (χ1) is 13.7. The van der Waals surface area contributed by atoms with E-state index in [2.05, 4.69) is 9.97 Å². The van der Waals surface area contributed by atoms with Gasteiger partial charge in [-0.05, 0) is 19.9 Å². The Morgan fingerprint density at radius 1 is 1.31 bits per heavy atom. The van der Waals surface area contributed by atoms with Gasteiger partial charge in [-0.2, -0.15) is 0 Å². The molecule has 7 nitrogen and oxygen atoms in total. The lowest BCUT2D eigenvalue weighted by atomic mass is 9.94. The molecule has 1 aliphatic heterocycles. The second kappa shape index (κ2) is 8.28. The molecule has 1 aliphatic rings. The van der Waals surface area contributed by atoms with Crippen molar-refractivity contribution in [2.45, 2.75) is 38.5 Å². The largest absolute Gasteiger partial charge is 0.488 e. The van der Waals surface area contributed by atoms with Crippen LogP contribution in [0.2, 0.25) is 0 Å². The van der Waals surface area contributed by atoms with Gasteiger partial charge in [0.2, 0.25) is 0 Å². The first-order valence-electron chi connectivity index (χ1n) is 9.44. The molecule has 0 unspecified atom stereocenters. The molecule has 29 heavy (non-hydrogen) atoms. The molecule has 1 aromatic heterocycles. The molecule has 156 valence electrons. The number of halogens is 2. The molecule has 1 fully saturated rings. The van der Waals surface area contributed by atoms with Crippen molar-refractivity contribution >= 4 is 17.2 Å². The molecule has 0 saturated carbocycles. The number of hydrogen-bond acceptors (Lipinski definition) is 7. The normalized spacial score (nSPS) is 16.1. The predicted octanol–water partition coefficient (Wildman–Crippen LogP) is 2.70. The van der Waals surface area contributed by atoms with Crippen LogP contribution in [0.15, 0.2) is 24.5 Å². The zero-order chi connectivity index (χ0) is 21.2. The molecule has 0 radical (unpaired) electrons. The summed E-state index contributed by atoms with van der Waals surface area (Å²) in [6, 6.07) is 4.15. The molecule has 0 spiro atoms. The highest BCUT2D eigenvalue weighted by atomic mass is 19.1. The van der Waals surface area contributed by atoms with Gasteiger partial charge in [-0.15, -0.1) is 0 Å². The molecule has 9 heteroatoms. The zero-order valence-electron chi connectivity index (χ0n) is 16.5. The second-order valence-corrected chi connectivity index (χ2v) is 7.47. The van der Waals surface area contributed by atoms with E-state index in [0.717, 1.165) is 6.07 Å². The average Bonchev–Trinajstić information content (AvgIpc) is 2.70. The highest BCUT2D eigenvalue weighted by Crippen LogP contribution is 2.30. The number of aliphatic hydroxyl groups excluding tert-OH is 1. The Bertz CT molecular complexity index is 898. The van der Waals surface area contributed by atoms with Crippen molar-refractivity contribution in [3.63, 3.8) is 0 Å². The number of ether oxygens (including phenoxy) is 1. The third kappa shape index (κ3) is 4.61. The van der Waals surface area contributed by atoms with Gasteiger partial charge >= 0.3 is 0 Å². The summed E-state index contributed by atoms with van der Waals surface area (Å²) in [4.78, 5) is 10.2. The summed E-state index contributed by atoms with van der Waals surface area (Å²) in [5.74, 6) is -0.0235. The quantitative estimate of drug-likeness (QED) is 0.504. The lowest BCUT2D eigenvalue weighted by molar-refractivity contribution is 0.0480. The maximum absolute atomic E-state index is 14.2. The molecule has 3 rings (SSSR count). The van der Waals surface area contributed by atoms with Gasteiger partial charge in [0.05, 0.1) is 24.1 Å². The van der Waals surface area contributed by atoms with Gasteiger partial charge in [-0.25, -0.2) is 18.7 Å².